The fraction of sp³-hybridized carbons (Fsp3) is 0.333. The van der Waals surface area contributed by atoms with Gasteiger partial charge in [0.1, 0.15) is 5.78 Å². The second-order valence-corrected chi connectivity index (χ2v) is 5.82. The highest BCUT2D eigenvalue weighted by Crippen LogP contribution is 2.22. The average molecular weight is 361 g/mol. The van der Waals surface area contributed by atoms with Crippen molar-refractivity contribution in [3.8, 4) is 0 Å². The van der Waals surface area contributed by atoms with Crippen molar-refractivity contribution < 1.29 is 9.59 Å². The molecule has 1 aliphatic heterocycles. The Kier molecular flexibility index (Phi) is 3.99. The van der Waals surface area contributed by atoms with Gasteiger partial charge in [0.05, 0.1) is 0 Å². The van der Waals surface area contributed by atoms with Crippen LogP contribution in [0.15, 0.2) is 27.1 Å². The van der Waals surface area contributed by atoms with Gasteiger partial charge in [-0.25, -0.2) is 0 Å². The molecule has 3 nitrogen and oxygen atoms in total. The lowest BCUT2D eigenvalue weighted by Crippen LogP contribution is -2.38. The van der Waals surface area contributed by atoms with E-state index in [1.54, 1.807) is 17.0 Å². The molecule has 0 aliphatic carbocycles. The summed E-state index contributed by atoms with van der Waals surface area (Å²) in [6.45, 7) is 1.06. The SMILES string of the molecule is O=C1CCN(C(=O)c2cc(Br)cc(Br)c2)CC1. The first-order chi connectivity index (χ1) is 8.06. The highest BCUT2D eigenvalue weighted by atomic mass is 79.9. The third-order valence-electron chi connectivity index (χ3n) is 2.72. The molecule has 1 aromatic rings. The number of ketones is 1. The van der Waals surface area contributed by atoms with E-state index in [-0.39, 0.29) is 11.7 Å². The van der Waals surface area contributed by atoms with Crippen molar-refractivity contribution in [1.82, 2.24) is 4.90 Å². The molecule has 0 atom stereocenters. The van der Waals surface area contributed by atoms with Gasteiger partial charge in [-0.3, -0.25) is 9.59 Å². The largest absolute Gasteiger partial charge is 0.338 e. The van der Waals surface area contributed by atoms with Crippen LogP contribution in [0.1, 0.15) is 23.2 Å². The van der Waals surface area contributed by atoms with Gasteiger partial charge in [0.2, 0.25) is 0 Å². The molecule has 0 bridgehead atoms. The Labute approximate surface area is 116 Å². The van der Waals surface area contributed by atoms with Crippen LogP contribution in [-0.4, -0.2) is 29.7 Å². The van der Waals surface area contributed by atoms with Crippen molar-refractivity contribution in [2.75, 3.05) is 13.1 Å². The summed E-state index contributed by atoms with van der Waals surface area (Å²) in [5.41, 5.74) is 0.639. The van der Waals surface area contributed by atoms with Gasteiger partial charge >= 0.3 is 0 Å². The predicted octanol–water partition coefficient (Wildman–Crippen LogP) is 3.02. The molecule has 1 amide bonds. The molecule has 0 radical (unpaired) electrons. The number of halogens is 2. The molecule has 0 saturated carbocycles. The summed E-state index contributed by atoms with van der Waals surface area (Å²) < 4.78 is 1.73. The molecule has 2 rings (SSSR count). The Hall–Kier alpha value is -0.680. The van der Waals surface area contributed by atoms with Gasteiger partial charge < -0.3 is 4.90 Å². The van der Waals surface area contributed by atoms with Crippen LogP contribution in [0.4, 0.5) is 0 Å². The van der Waals surface area contributed by atoms with E-state index >= 15 is 0 Å². The minimum atomic E-state index is -0.0144. The Morgan fingerprint density at radius 3 is 2.12 bits per heavy atom. The van der Waals surface area contributed by atoms with Gasteiger partial charge in [0.15, 0.2) is 0 Å². The Balaban J connectivity index is 2.16. The lowest BCUT2D eigenvalue weighted by molar-refractivity contribution is -0.120. The molecule has 1 heterocycles. The second kappa shape index (κ2) is 5.31. The molecule has 0 spiro atoms. The molecule has 0 aromatic heterocycles. The first kappa shape index (κ1) is 12.8. The van der Waals surface area contributed by atoms with Gasteiger partial charge in [0.25, 0.3) is 5.91 Å². The average Bonchev–Trinajstić information content (AvgIpc) is 2.28. The lowest BCUT2D eigenvalue weighted by Gasteiger charge is -2.26. The van der Waals surface area contributed by atoms with Crippen LogP contribution >= 0.6 is 31.9 Å². The number of carbonyl (C=O) groups is 2. The number of carbonyl (C=O) groups excluding carboxylic acids is 2. The van der Waals surface area contributed by atoms with E-state index in [0.29, 0.717) is 31.5 Å². The van der Waals surface area contributed by atoms with Crippen LogP contribution in [-0.2, 0) is 4.79 Å². The molecule has 1 saturated heterocycles. The highest BCUT2D eigenvalue weighted by Gasteiger charge is 2.22. The van der Waals surface area contributed by atoms with Crippen LogP contribution in [0.5, 0.6) is 0 Å². The number of amides is 1. The summed E-state index contributed by atoms with van der Waals surface area (Å²) in [5.74, 6) is 0.226. The maximum atomic E-state index is 12.2. The fourth-order valence-electron chi connectivity index (χ4n) is 1.82. The highest BCUT2D eigenvalue weighted by molar-refractivity contribution is 9.11. The molecular weight excluding hydrogens is 350 g/mol. The summed E-state index contributed by atoms with van der Waals surface area (Å²) in [7, 11) is 0. The fourth-order valence-corrected chi connectivity index (χ4v) is 3.11. The predicted molar refractivity (Wildman–Crippen MR) is 72.0 cm³/mol. The monoisotopic (exact) mass is 359 g/mol. The van der Waals surface area contributed by atoms with Crippen molar-refractivity contribution >= 4 is 43.6 Å². The summed E-state index contributed by atoms with van der Waals surface area (Å²) >= 11 is 6.72. The zero-order valence-electron chi connectivity index (χ0n) is 9.08. The molecule has 0 N–H and O–H groups in total. The van der Waals surface area contributed by atoms with Crippen LogP contribution in [0.3, 0.4) is 0 Å². The van der Waals surface area contributed by atoms with E-state index in [2.05, 4.69) is 31.9 Å². The number of hydrogen-bond acceptors (Lipinski definition) is 2. The maximum Gasteiger partial charge on any atom is 0.253 e. The van der Waals surface area contributed by atoms with E-state index in [9.17, 15) is 9.59 Å². The van der Waals surface area contributed by atoms with Crippen LogP contribution < -0.4 is 0 Å². The number of likely N-dealkylation sites (tertiary alicyclic amines) is 1. The van der Waals surface area contributed by atoms with Crippen molar-refractivity contribution in [3.05, 3.63) is 32.7 Å². The first-order valence-electron chi connectivity index (χ1n) is 5.33. The molecule has 5 heteroatoms. The zero-order chi connectivity index (χ0) is 12.4. The lowest BCUT2D eigenvalue weighted by atomic mass is 10.1. The van der Waals surface area contributed by atoms with Crippen molar-refractivity contribution in [2.24, 2.45) is 0 Å². The summed E-state index contributed by atoms with van der Waals surface area (Å²) in [5, 5.41) is 0. The minimum Gasteiger partial charge on any atom is -0.338 e. The Morgan fingerprint density at radius 1 is 1.06 bits per heavy atom. The van der Waals surface area contributed by atoms with Crippen LogP contribution in [0.2, 0.25) is 0 Å². The van der Waals surface area contributed by atoms with Crippen molar-refractivity contribution in [2.45, 2.75) is 12.8 Å². The first-order valence-corrected chi connectivity index (χ1v) is 6.92. The molecule has 90 valence electrons. The second-order valence-electron chi connectivity index (χ2n) is 3.99. The molecule has 1 aliphatic rings. The number of piperidine rings is 1. The summed E-state index contributed by atoms with van der Waals surface area (Å²) in [6, 6.07) is 5.48. The Bertz CT molecular complexity index is 443. The van der Waals surface area contributed by atoms with E-state index in [4.69, 9.17) is 0 Å². The topological polar surface area (TPSA) is 37.4 Å². The smallest absolute Gasteiger partial charge is 0.253 e. The van der Waals surface area contributed by atoms with Gasteiger partial charge in [-0.2, -0.15) is 0 Å². The van der Waals surface area contributed by atoms with Crippen LogP contribution in [0, 0.1) is 0 Å². The normalized spacial score (nSPS) is 16.1. The molecule has 0 unspecified atom stereocenters. The molecular formula is C12H11Br2NO2. The van der Waals surface area contributed by atoms with Gasteiger partial charge in [0, 0.05) is 40.4 Å². The number of Topliss-reactive ketones (excluding diaryl/α,β-unsaturated/α-hetero) is 1. The quantitative estimate of drug-likeness (QED) is 0.771. The van der Waals surface area contributed by atoms with E-state index in [1.807, 2.05) is 6.07 Å². The molecule has 17 heavy (non-hydrogen) atoms. The number of benzene rings is 1. The summed E-state index contributed by atoms with van der Waals surface area (Å²) in [4.78, 5) is 25.0. The van der Waals surface area contributed by atoms with Gasteiger partial charge in [-0.15, -0.1) is 0 Å². The van der Waals surface area contributed by atoms with Crippen molar-refractivity contribution in [1.29, 1.82) is 0 Å². The van der Waals surface area contributed by atoms with E-state index in [0.717, 1.165) is 8.95 Å². The van der Waals surface area contributed by atoms with Crippen LogP contribution in [0.25, 0.3) is 0 Å². The zero-order valence-corrected chi connectivity index (χ0v) is 12.3. The third kappa shape index (κ3) is 3.16. The molecule has 1 aromatic carbocycles. The number of hydrogen-bond donors (Lipinski definition) is 0. The standard InChI is InChI=1S/C12H11Br2NO2/c13-9-5-8(6-10(14)7-9)12(17)15-3-1-11(16)2-4-15/h5-7H,1-4H2. The third-order valence-corrected chi connectivity index (χ3v) is 3.63. The molecule has 1 fully saturated rings. The van der Waals surface area contributed by atoms with Gasteiger partial charge in [-0.05, 0) is 18.2 Å². The maximum absolute atomic E-state index is 12.2. The van der Waals surface area contributed by atoms with E-state index in [1.165, 1.54) is 0 Å². The van der Waals surface area contributed by atoms with E-state index < -0.39 is 0 Å². The minimum absolute atomic E-state index is 0.0144. The summed E-state index contributed by atoms with van der Waals surface area (Å²) in [6.07, 6.45) is 0.946. The van der Waals surface area contributed by atoms with Crippen molar-refractivity contribution in [3.63, 3.8) is 0 Å². The number of rotatable bonds is 1. The number of nitrogens with zero attached hydrogens (tertiary/aromatic N) is 1. The Morgan fingerprint density at radius 2 is 1.59 bits per heavy atom. The van der Waals surface area contributed by atoms with Gasteiger partial charge in [-0.1, -0.05) is 31.9 Å².